The normalized spacial score (nSPS) is 11.5. The molecule has 0 spiro atoms. The van der Waals surface area contributed by atoms with Gasteiger partial charge < -0.3 is 0 Å². The van der Waals surface area contributed by atoms with Gasteiger partial charge in [-0.1, -0.05) is 28.1 Å². The third kappa shape index (κ3) is 4.40. The van der Waals surface area contributed by atoms with Crippen LogP contribution in [0.3, 0.4) is 0 Å². The first-order valence-electron chi connectivity index (χ1n) is 3.72. The zero-order valence-electron chi connectivity index (χ0n) is 6.90. The highest BCUT2D eigenvalue weighted by Gasteiger charge is 2.03. The van der Waals surface area contributed by atoms with Gasteiger partial charge in [0, 0.05) is 4.47 Å². The number of primary sulfonamides is 1. The summed E-state index contributed by atoms with van der Waals surface area (Å²) in [6.07, 6.45) is 0.457. The Hall–Kier alpha value is -0.390. The molecule has 1 aromatic carbocycles. The molecule has 0 bridgehead atoms. The molecular formula is C8H10BrNO2S. The van der Waals surface area contributed by atoms with Crippen LogP contribution in [0, 0.1) is 0 Å². The molecule has 0 saturated heterocycles. The van der Waals surface area contributed by atoms with Gasteiger partial charge in [0.15, 0.2) is 0 Å². The summed E-state index contributed by atoms with van der Waals surface area (Å²) in [6.45, 7) is 0. The second kappa shape index (κ2) is 4.21. The van der Waals surface area contributed by atoms with E-state index in [9.17, 15) is 8.42 Å². The summed E-state index contributed by atoms with van der Waals surface area (Å²) >= 11 is 3.30. The fourth-order valence-electron chi connectivity index (χ4n) is 0.953. The van der Waals surface area contributed by atoms with E-state index in [2.05, 4.69) is 15.9 Å². The summed E-state index contributed by atoms with van der Waals surface area (Å²) in [4.78, 5) is 0. The molecule has 1 aromatic rings. The highest BCUT2D eigenvalue weighted by molar-refractivity contribution is 9.10. The Kier molecular flexibility index (Phi) is 3.47. The molecule has 5 heteroatoms. The van der Waals surface area contributed by atoms with Crippen molar-refractivity contribution < 1.29 is 8.42 Å². The average molecular weight is 264 g/mol. The maximum absolute atomic E-state index is 10.7. The standard InChI is InChI=1S/C8H10BrNO2S/c9-8-3-1-2-7(6-8)4-5-13(10,11)12/h1-3,6H,4-5H2,(H2,10,11,12). The monoisotopic (exact) mass is 263 g/mol. The van der Waals surface area contributed by atoms with Gasteiger partial charge in [0.25, 0.3) is 0 Å². The van der Waals surface area contributed by atoms with Crippen LogP contribution in [0.5, 0.6) is 0 Å². The Labute approximate surface area is 86.1 Å². The SMILES string of the molecule is NS(=O)(=O)CCc1cccc(Br)c1. The smallest absolute Gasteiger partial charge is 0.209 e. The van der Waals surface area contributed by atoms with Crippen LogP contribution in [0.1, 0.15) is 5.56 Å². The van der Waals surface area contributed by atoms with E-state index in [4.69, 9.17) is 5.14 Å². The predicted octanol–water partition coefficient (Wildman–Crippen LogP) is 1.28. The molecule has 0 atom stereocenters. The maximum atomic E-state index is 10.7. The quantitative estimate of drug-likeness (QED) is 0.893. The van der Waals surface area contributed by atoms with Crippen LogP contribution in [0.25, 0.3) is 0 Å². The number of nitrogens with two attached hydrogens (primary N) is 1. The van der Waals surface area contributed by atoms with Crippen molar-refractivity contribution in [2.75, 3.05) is 5.75 Å². The summed E-state index contributed by atoms with van der Waals surface area (Å²) in [5.41, 5.74) is 0.961. The molecule has 0 aliphatic carbocycles. The van der Waals surface area contributed by atoms with E-state index in [0.29, 0.717) is 6.42 Å². The number of aryl methyl sites for hydroxylation is 1. The van der Waals surface area contributed by atoms with Gasteiger partial charge in [-0.05, 0) is 24.1 Å². The van der Waals surface area contributed by atoms with Gasteiger partial charge in [-0.15, -0.1) is 0 Å². The molecule has 0 unspecified atom stereocenters. The lowest BCUT2D eigenvalue weighted by molar-refractivity contribution is 0.597. The molecule has 0 aromatic heterocycles. The van der Waals surface area contributed by atoms with Crippen molar-refractivity contribution in [1.29, 1.82) is 0 Å². The lowest BCUT2D eigenvalue weighted by atomic mass is 10.2. The Morgan fingerprint density at radius 2 is 2.08 bits per heavy atom. The van der Waals surface area contributed by atoms with Crippen LogP contribution in [-0.4, -0.2) is 14.2 Å². The highest BCUT2D eigenvalue weighted by atomic mass is 79.9. The highest BCUT2D eigenvalue weighted by Crippen LogP contribution is 2.12. The Bertz CT molecular complexity index is 389. The number of hydrogen-bond acceptors (Lipinski definition) is 2. The molecule has 0 fully saturated rings. The molecule has 0 amide bonds. The van der Waals surface area contributed by atoms with Gasteiger partial charge in [0.2, 0.25) is 10.0 Å². The van der Waals surface area contributed by atoms with Gasteiger partial charge in [0.1, 0.15) is 0 Å². The van der Waals surface area contributed by atoms with Crippen LogP contribution in [0.2, 0.25) is 0 Å². The fourth-order valence-corrected chi connectivity index (χ4v) is 1.92. The van der Waals surface area contributed by atoms with E-state index < -0.39 is 10.0 Å². The van der Waals surface area contributed by atoms with E-state index in [-0.39, 0.29) is 5.75 Å². The second-order valence-electron chi connectivity index (χ2n) is 2.75. The number of halogens is 1. The summed E-state index contributed by atoms with van der Waals surface area (Å²) in [5.74, 6) is -0.0105. The molecule has 0 heterocycles. The summed E-state index contributed by atoms with van der Waals surface area (Å²) in [5, 5.41) is 4.88. The third-order valence-corrected chi connectivity index (χ3v) is 2.83. The summed E-state index contributed by atoms with van der Waals surface area (Å²) in [7, 11) is -3.35. The van der Waals surface area contributed by atoms with Crippen LogP contribution in [0.15, 0.2) is 28.7 Å². The molecule has 0 aliphatic heterocycles. The van der Waals surface area contributed by atoms with Crippen molar-refractivity contribution in [2.45, 2.75) is 6.42 Å². The number of sulfonamides is 1. The van der Waals surface area contributed by atoms with E-state index in [1.54, 1.807) is 0 Å². The van der Waals surface area contributed by atoms with Gasteiger partial charge >= 0.3 is 0 Å². The largest absolute Gasteiger partial charge is 0.229 e. The first-order chi connectivity index (χ1) is 5.97. The molecule has 1 rings (SSSR count). The molecule has 0 aliphatic rings. The van der Waals surface area contributed by atoms with Gasteiger partial charge in [-0.25, -0.2) is 13.6 Å². The van der Waals surface area contributed by atoms with E-state index in [0.717, 1.165) is 10.0 Å². The fraction of sp³-hybridized carbons (Fsp3) is 0.250. The number of rotatable bonds is 3. The van der Waals surface area contributed by atoms with E-state index >= 15 is 0 Å². The zero-order valence-corrected chi connectivity index (χ0v) is 9.31. The molecule has 13 heavy (non-hydrogen) atoms. The average Bonchev–Trinajstić information content (AvgIpc) is 2.00. The van der Waals surface area contributed by atoms with Crippen molar-refractivity contribution >= 4 is 26.0 Å². The maximum Gasteiger partial charge on any atom is 0.209 e. The third-order valence-electron chi connectivity index (χ3n) is 1.56. The Balaban J connectivity index is 2.65. The van der Waals surface area contributed by atoms with Gasteiger partial charge in [-0.2, -0.15) is 0 Å². The molecule has 72 valence electrons. The lowest BCUT2D eigenvalue weighted by Crippen LogP contribution is -2.17. The van der Waals surface area contributed by atoms with Gasteiger partial charge in [-0.3, -0.25) is 0 Å². The molecular weight excluding hydrogens is 254 g/mol. The lowest BCUT2D eigenvalue weighted by Gasteiger charge is -1.99. The first-order valence-corrected chi connectivity index (χ1v) is 6.23. The van der Waals surface area contributed by atoms with Gasteiger partial charge in [0.05, 0.1) is 5.75 Å². The van der Waals surface area contributed by atoms with Crippen molar-refractivity contribution in [3.05, 3.63) is 34.3 Å². The molecule has 0 radical (unpaired) electrons. The van der Waals surface area contributed by atoms with Crippen molar-refractivity contribution in [1.82, 2.24) is 0 Å². The minimum atomic E-state index is -3.35. The predicted molar refractivity (Wildman–Crippen MR) is 55.8 cm³/mol. The zero-order chi connectivity index (χ0) is 9.90. The van der Waals surface area contributed by atoms with E-state index in [1.807, 2.05) is 24.3 Å². The second-order valence-corrected chi connectivity index (χ2v) is 5.40. The molecule has 3 nitrogen and oxygen atoms in total. The minimum Gasteiger partial charge on any atom is -0.229 e. The van der Waals surface area contributed by atoms with Crippen LogP contribution < -0.4 is 5.14 Å². The number of benzene rings is 1. The van der Waals surface area contributed by atoms with Crippen LogP contribution in [-0.2, 0) is 16.4 Å². The Morgan fingerprint density at radius 3 is 2.62 bits per heavy atom. The van der Waals surface area contributed by atoms with Crippen LogP contribution in [0.4, 0.5) is 0 Å². The Morgan fingerprint density at radius 1 is 1.38 bits per heavy atom. The molecule has 2 N–H and O–H groups in total. The molecule has 0 saturated carbocycles. The minimum absolute atomic E-state index is 0.0105. The van der Waals surface area contributed by atoms with E-state index in [1.165, 1.54) is 0 Å². The van der Waals surface area contributed by atoms with Crippen LogP contribution >= 0.6 is 15.9 Å². The first kappa shape index (κ1) is 10.7. The van der Waals surface area contributed by atoms with Crippen molar-refractivity contribution in [3.63, 3.8) is 0 Å². The van der Waals surface area contributed by atoms with Crippen molar-refractivity contribution in [2.24, 2.45) is 5.14 Å². The number of hydrogen-bond donors (Lipinski definition) is 1. The van der Waals surface area contributed by atoms with Crippen molar-refractivity contribution in [3.8, 4) is 0 Å². The topological polar surface area (TPSA) is 60.2 Å². The summed E-state index contributed by atoms with van der Waals surface area (Å²) < 4.78 is 22.3. The summed E-state index contributed by atoms with van der Waals surface area (Å²) in [6, 6.07) is 7.50.